The van der Waals surface area contributed by atoms with Crippen LogP contribution in [0.25, 0.3) is 11.1 Å². The van der Waals surface area contributed by atoms with Crippen molar-refractivity contribution in [1.82, 2.24) is 4.98 Å². The Morgan fingerprint density at radius 1 is 1.46 bits per heavy atom. The monoisotopic (exact) mass is 195 g/mol. The molecule has 1 heterocycles. The highest BCUT2D eigenvalue weighted by molar-refractivity contribution is 5.85. The van der Waals surface area contributed by atoms with Crippen LogP contribution in [0.2, 0.25) is 0 Å². The van der Waals surface area contributed by atoms with E-state index in [1.807, 2.05) is 6.07 Å². The standard InChI is InChI=1S/C8H5N3O.ClH/c9-4-5-1-2-6-7(3-5)12-8(10)11-6;/h1-3H,(H2,10,11);1H. The fraction of sp³-hybridized carbons (Fsp3) is 0. The SMILES string of the molecule is Cl.N#Cc1ccc2nc(N)oc2c1. The first-order chi connectivity index (χ1) is 5.79. The zero-order chi connectivity index (χ0) is 8.55. The minimum Gasteiger partial charge on any atom is -0.424 e. The number of anilines is 1. The third-order valence-corrected chi connectivity index (χ3v) is 1.53. The summed E-state index contributed by atoms with van der Waals surface area (Å²) in [4.78, 5) is 3.89. The van der Waals surface area contributed by atoms with E-state index in [-0.39, 0.29) is 18.4 Å². The zero-order valence-electron chi connectivity index (χ0n) is 6.52. The molecule has 2 N–H and O–H groups in total. The second-order valence-electron chi connectivity index (χ2n) is 2.35. The summed E-state index contributed by atoms with van der Waals surface area (Å²) in [5, 5.41) is 8.56. The van der Waals surface area contributed by atoms with Crippen LogP contribution >= 0.6 is 12.4 Å². The van der Waals surface area contributed by atoms with Crippen LogP contribution < -0.4 is 5.73 Å². The fourth-order valence-corrected chi connectivity index (χ4v) is 1.01. The number of nitriles is 1. The minimum atomic E-state index is 0. The third-order valence-electron chi connectivity index (χ3n) is 1.53. The third kappa shape index (κ3) is 1.55. The van der Waals surface area contributed by atoms with Gasteiger partial charge in [0.2, 0.25) is 0 Å². The van der Waals surface area contributed by atoms with E-state index < -0.39 is 0 Å². The van der Waals surface area contributed by atoms with Crippen molar-refractivity contribution >= 4 is 29.5 Å². The van der Waals surface area contributed by atoms with Gasteiger partial charge in [0.1, 0.15) is 5.52 Å². The lowest BCUT2D eigenvalue weighted by Gasteiger charge is -1.85. The highest BCUT2D eigenvalue weighted by atomic mass is 35.5. The van der Waals surface area contributed by atoms with Gasteiger partial charge in [-0.3, -0.25) is 0 Å². The van der Waals surface area contributed by atoms with Crippen molar-refractivity contribution in [3.63, 3.8) is 0 Å². The van der Waals surface area contributed by atoms with Gasteiger partial charge in [0.15, 0.2) is 5.58 Å². The molecule has 0 aliphatic rings. The Hall–Kier alpha value is -1.73. The van der Waals surface area contributed by atoms with E-state index in [0.29, 0.717) is 16.7 Å². The van der Waals surface area contributed by atoms with Crippen LogP contribution in [0.4, 0.5) is 6.01 Å². The van der Waals surface area contributed by atoms with Gasteiger partial charge >= 0.3 is 0 Å². The summed E-state index contributed by atoms with van der Waals surface area (Å²) < 4.78 is 5.03. The van der Waals surface area contributed by atoms with Gasteiger partial charge in [-0.2, -0.15) is 10.2 Å². The average Bonchev–Trinajstić information content (AvgIpc) is 2.43. The fourth-order valence-electron chi connectivity index (χ4n) is 1.01. The van der Waals surface area contributed by atoms with E-state index >= 15 is 0 Å². The number of nitrogen functional groups attached to an aromatic ring is 1. The smallest absolute Gasteiger partial charge is 0.292 e. The molecular formula is C8H6ClN3O. The Labute approximate surface area is 80.4 Å². The number of hydrogen-bond donors (Lipinski definition) is 1. The van der Waals surface area contributed by atoms with Gasteiger partial charge in [0, 0.05) is 6.07 Å². The number of nitrogens with zero attached hydrogens (tertiary/aromatic N) is 2. The van der Waals surface area contributed by atoms with E-state index in [1.165, 1.54) is 0 Å². The Morgan fingerprint density at radius 2 is 2.23 bits per heavy atom. The molecule has 0 spiro atoms. The van der Waals surface area contributed by atoms with Crippen molar-refractivity contribution in [2.45, 2.75) is 0 Å². The topological polar surface area (TPSA) is 75.8 Å². The lowest BCUT2D eigenvalue weighted by Crippen LogP contribution is -1.80. The molecule has 0 atom stereocenters. The molecule has 2 rings (SSSR count). The number of rotatable bonds is 0. The Bertz CT molecular complexity index is 472. The maximum Gasteiger partial charge on any atom is 0.292 e. The van der Waals surface area contributed by atoms with Gasteiger partial charge in [0.05, 0.1) is 11.6 Å². The van der Waals surface area contributed by atoms with Crippen molar-refractivity contribution < 1.29 is 4.42 Å². The molecule has 0 aliphatic heterocycles. The Kier molecular flexibility index (Phi) is 2.40. The van der Waals surface area contributed by atoms with Crippen LogP contribution in [0.1, 0.15) is 5.56 Å². The molecule has 0 unspecified atom stereocenters. The lowest BCUT2D eigenvalue weighted by atomic mass is 10.2. The summed E-state index contributed by atoms with van der Waals surface area (Å²) in [6.07, 6.45) is 0. The van der Waals surface area contributed by atoms with E-state index in [2.05, 4.69) is 4.98 Å². The minimum absolute atomic E-state index is 0. The molecular weight excluding hydrogens is 190 g/mol. The molecule has 66 valence electrons. The number of nitrogens with two attached hydrogens (primary N) is 1. The summed E-state index contributed by atoms with van der Waals surface area (Å²) in [6.45, 7) is 0. The first-order valence-corrected chi connectivity index (χ1v) is 3.36. The summed E-state index contributed by atoms with van der Waals surface area (Å²) >= 11 is 0. The van der Waals surface area contributed by atoms with Crippen molar-refractivity contribution in [3.05, 3.63) is 23.8 Å². The normalized spacial score (nSPS) is 9.15. The molecule has 0 amide bonds. The second kappa shape index (κ2) is 3.33. The largest absolute Gasteiger partial charge is 0.424 e. The van der Waals surface area contributed by atoms with Gasteiger partial charge in [-0.25, -0.2) is 0 Å². The average molecular weight is 196 g/mol. The van der Waals surface area contributed by atoms with Gasteiger partial charge in [-0.05, 0) is 12.1 Å². The second-order valence-corrected chi connectivity index (χ2v) is 2.35. The summed E-state index contributed by atoms with van der Waals surface area (Å²) in [7, 11) is 0. The van der Waals surface area contributed by atoms with Gasteiger partial charge in [0.25, 0.3) is 6.01 Å². The van der Waals surface area contributed by atoms with Crippen LogP contribution in [0.3, 0.4) is 0 Å². The van der Waals surface area contributed by atoms with E-state index in [0.717, 1.165) is 0 Å². The number of benzene rings is 1. The lowest BCUT2D eigenvalue weighted by molar-refractivity contribution is 0.626. The van der Waals surface area contributed by atoms with Crippen molar-refractivity contribution in [2.24, 2.45) is 0 Å². The number of fused-ring (bicyclic) bond motifs is 1. The molecule has 0 radical (unpaired) electrons. The first-order valence-electron chi connectivity index (χ1n) is 3.36. The summed E-state index contributed by atoms with van der Waals surface area (Å²) in [5.41, 5.74) is 7.08. The maximum absolute atomic E-state index is 8.56. The molecule has 1 aromatic carbocycles. The first kappa shape index (κ1) is 9.36. The van der Waals surface area contributed by atoms with E-state index in [9.17, 15) is 0 Å². The highest BCUT2D eigenvalue weighted by Crippen LogP contribution is 2.17. The highest BCUT2D eigenvalue weighted by Gasteiger charge is 2.02. The predicted molar refractivity (Wildman–Crippen MR) is 50.4 cm³/mol. The van der Waals surface area contributed by atoms with Crippen molar-refractivity contribution in [2.75, 3.05) is 5.73 Å². The van der Waals surface area contributed by atoms with Gasteiger partial charge in [-0.15, -0.1) is 12.4 Å². The quantitative estimate of drug-likeness (QED) is 0.694. The van der Waals surface area contributed by atoms with Crippen LogP contribution in [-0.4, -0.2) is 4.98 Å². The molecule has 0 saturated heterocycles. The number of aromatic nitrogens is 1. The van der Waals surface area contributed by atoms with Gasteiger partial charge < -0.3 is 10.2 Å². The predicted octanol–water partition coefficient (Wildman–Crippen LogP) is 1.70. The molecule has 13 heavy (non-hydrogen) atoms. The summed E-state index contributed by atoms with van der Waals surface area (Å²) in [6, 6.07) is 7.11. The zero-order valence-corrected chi connectivity index (χ0v) is 7.34. The Morgan fingerprint density at radius 3 is 2.92 bits per heavy atom. The van der Waals surface area contributed by atoms with Crippen LogP contribution in [0.5, 0.6) is 0 Å². The number of oxazole rings is 1. The molecule has 0 fully saturated rings. The van der Waals surface area contributed by atoms with Crippen molar-refractivity contribution in [3.8, 4) is 6.07 Å². The van der Waals surface area contributed by atoms with Crippen LogP contribution in [0.15, 0.2) is 22.6 Å². The summed E-state index contributed by atoms with van der Waals surface area (Å²) in [5.74, 6) is 0. The number of hydrogen-bond acceptors (Lipinski definition) is 4. The Balaban J connectivity index is 0.000000845. The molecule has 0 saturated carbocycles. The van der Waals surface area contributed by atoms with E-state index in [1.54, 1.807) is 18.2 Å². The van der Waals surface area contributed by atoms with E-state index in [4.69, 9.17) is 15.4 Å². The van der Waals surface area contributed by atoms with Crippen LogP contribution in [0, 0.1) is 11.3 Å². The van der Waals surface area contributed by atoms with Crippen molar-refractivity contribution in [1.29, 1.82) is 5.26 Å². The molecule has 5 heteroatoms. The van der Waals surface area contributed by atoms with Gasteiger partial charge in [-0.1, -0.05) is 0 Å². The molecule has 4 nitrogen and oxygen atoms in total. The van der Waals surface area contributed by atoms with Crippen LogP contribution in [-0.2, 0) is 0 Å². The molecule has 1 aromatic heterocycles. The molecule has 0 bridgehead atoms. The maximum atomic E-state index is 8.56. The molecule has 0 aliphatic carbocycles. The number of halogens is 1. The molecule has 2 aromatic rings.